The molecule has 0 radical (unpaired) electrons. The normalized spacial score (nSPS) is 15.1. The van der Waals surface area contributed by atoms with Gasteiger partial charge in [0, 0.05) is 37.1 Å². The van der Waals surface area contributed by atoms with Crippen LogP contribution in [0.1, 0.15) is 25.3 Å². The zero-order valence-electron chi connectivity index (χ0n) is 15.3. The monoisotopic (exact) mass is 381 g/mol. The maximum atomic E-state index is 12.6. The van der Waals surface area contributed by atoms with E-state index in [1.165, 1.54) is 5.56 Å². The average Bonchev–Trinajstić information content (AvgIpc) is 3.40. The molecule has 1 saturated heterocycles. The number of hydrogen-bond donors (Lipinski definition) is 1. The van der Waals surface area contributed by atoms with Crippen LogP contribution in [0.25, 0.3) is 5.13 Å². The van der Waals surface area contributed by atoms with Gasteiger partial charge in [0.2, 0.25) is 16.2 Å². The third-order valence-corrected chi connectivity index (χ3v) is 5.97. The first kappa shape index (κ1) is 17.7. The minimum Gasteiger partial charge on any atom is -0.347 e. The Morgan fingerprint density at radius 2 is 1.89 bits per heavy atom. The zero-order chi connectivity index (χ0) is 18.6. The third-order valence-electron chi connectivity index (χ3n) is 4.97. The minimum absolute atomic E-state index is 0.0448. The Morgan fingerprint density at radius 3 is 2.63 bits per heavy atom. The fourth-order valence-corrected chi connectivity index (χ4v) is 4.21. The summed E-state index contributed by atoms with van der Waals surface area (Å²) in [5.41, 5.74) is 2.12. The van der Waals surface area contributed by atoms with E-state index in [4.69, 9.17) is 0 Å². The van der Waals surface area contributed by atoms with Gasteiger partial charge in [0.05, 0.1) is 0 Å². The number of hydrogen-bond acceptors (Lipinski definition) is 5. The summed E-state index contributed by atoms with van der Waals surface area (Å²) in [4.78, 5) is 14.8. The average molecular weight is 382 g/mol. The molecule has 140 valence electrons. The van der Waals surface area contributed by atoms with Gasteiger partial charge in [-0.25, -0.2) is 0 Å². The SMILES string of the molecule is CCc1cccc(NC(=O)C2CCN(c3nnc(-n4cccc4)s3)CC2)c1. The highest BCUT2D eigenvalue weighted by molar-refractivity contribution is 7.17. The van der Waals surface area contributed by atoms with Crippen molar-refractivity contribution < 1.29 is 4.79 Å². The molecule has 1 aliphatic rings. The lowest BCUT2D eigenvalue weighted by molar-refractivity contribution is -0.120. The first-order chi connectivity index (χ1) is 13.2. The summed E-state index contributed by atoms with van der Waals surface area (Å²) >= 11 is 1.58. The van der Waals surface area contributed by atoms with Crippen LogP contribution in [0.2, 0.25) is 0 Å². The van der Waals surface area contributed by atoms with E-state index in [2.05, 4.69) is 39.5 Å². The molecule has 1 amide bonds. The molecule has 0 atom stereocenters. The van der Waals surface area contributed by atoms with Gasteiger partial charge in [0.1, 0.15) is 0 Å². The highest BCUT2D eigenvalue weighted by Gasteiger charge is 2.26. The second-order valence-corrected chi connectivity index (χ2v) is 7.70. The van der Waals surface area contributed by atoms with Crippen LogP contribution < -0.4 is 10.2 Å². The summed E-state index contributed by atoms with van der Waals surface area (Å²) in [6.45, 7) is 3.77. The number of nitrogens with zero attached hydrogens (tertiary/aromatic N) is 4. The molecule has 0 bridgehead atoms. The van der Waals surface area contributed by atoms with Gasteiger partial charge in [-0.3, -0.25) is 9.36 Å². The van der Waals surface area contributed by atoms with Crippen LogP contribution in [-0.2, 0) is 11.2 Å². The Kier molecular flexibility index (Phi) is 5.20. The summed E-state index contributed by atoms with van der Waals surface area (Å²) < 4.78 is 1.96. The van der Waals surface area contributed by atoms with Crippen LogP contribution in [-0.4, -0.2) is 33.8 Å². The van der Waals surface area contributed by atoms with Gasteiger partial charge in [-0.05, 0) is 49.1 Å². The molecule has 0 unspecified atom stereocenters. The fraction of sp³-hybridized carbons (Fsp3) is 0.350. The van der Waals surface area contributed by atoms with Gasteiger partial charge >= 0.3 is 0 Å². The number of carbonyl (C=O) groups is 1. The highest BCUT2D eigenvalue weighted by atomic mass is 32.1. The van der Waals surface area contributed by atoms with E-state index in [1.807, 2.05) is 41.2 Å². The van der Waals surface area contributed by atoms with E-state index in [1.54, 1.807) is 11.3 Å². The van der Waals surface area contributed by atoms with Crippen molar-refractivity contribution in [3.63, 3.8) is 0 Å². The molecule has 1 N–H and O–H groups in total. The predicted octanol–water partition coefficient (Wildman–Crippen LogP) is 3.75. The Labute approximate surface area is 162 Å². The highest BCUT2D eigenvalue weighted by Crippen LogP contribution is 2.28. The number of anilines is 2. The second kappa shape index (κ2) is 7.92. The van der Waals surface area contributed by atoms with Gasteiger partial charge in [0.15, 0.2) is 0 Å². The number of piperidine rings is 1. The second-order valence-electron chi connectivity index (χ2n) is 6.76. The van der Waals surface area contributed by atoms with E-state index >= 15 is 0 Å². The summed E-state index contributed by atoms with van der Waals surface area (Å²) in [5, 5.41) is 13.5. The molecule has 0 spiro atoms. The van der Waals surface area contributed by atoms with E-state index in [0.29, 0.717) is 0 Å². The van der Waals surface area contributed by atoms with Crippen LogP contribution in [0.5, 0.6) is 0 Å². The van der Waals surface area contributed by atoms with Crippen molar-refractivity contribution in [2.45, 2.75) is 26.2 Å². The van der Waals surface area contributed by atoms with Crippen molar-refractivity contribution in [2.24, 2.45) is 5.92 Å². The maximum Gasteiger partial charge on any atom is 0.227 e. The lowest BCUT2D eigenvalue weighted by Gasteiger charge is -2.30. The number of nitrogens with one attached hydrogen (secondary N) is 1. The molecule has 6 nitrogen and oxygen atoms in total. The molecule has 1 aliphatic heterocycles. The summed E-state index contributed by atoms with van der Waals surface area (Å²) in [6, 6.07) is 12.0. The quantitative estimate of drug-likeness (QED) is 0.731. The van der Waals surface area contributed by atoms with E-state index < -0.39 is 0 Å². The lowest BCUT2D eigenvalue weighted by atomic mass is 9.96. The van der Waals surface area contributed by atoms with Crippen LogP contribution in [0, 0.1) is 5.92 Å². The predicted molar refractivity (Wildman–Crippen MR) is 109 cm³/mol. The molecule has 3 aromatic rings. The maximum absolute atomic E-state index is 12.6. The van der Waals surface area contributed by atoms with Gasteiger partial charge in [-0.15, -0.1) is 10.2 Å². The van der Waals surface area contributed by atoms with Crippen LogP contribution in [0.3, 0.4) is 0 Å². The van der Waals surface area contributed by atoms with Crippen LogP contribution >= 0.6 is 11.3 Å². The van der Waals surface area contributed by atoms with Crippen molar-refractivity contribution >= 4 is 28.1 Å². The number of benzene rings is 1. The number of aromatic nitrogens is 3. The lowest BCUT2D eigenvalue weighted by Crippen LogP contribution is -2.38. The van der Waals surface area contributed by atoms with Gasteiger partial charge in [0.25, 0.3) is 0 Å². The number of rotatable bonds is 5. The van der Waals surface area contributed by atoms with Gasteiger partial charge < -0.3 is 10.2 Å². The molecule has 1 aromatic carbocycles. The molecule has 4 rings (SSSR count). The Bertz CT molecular complexity index is 897. The van der Waals surface area contributed by atoms with Crippen LogP contribution in [0.15, 0.2) is 48.8 Å². The largest absolute Gasteiger partial charge is 0.347 e. The zero-order valence-corrected chi connectivity index (χ0v) is 16.2. The summed E-state index contributed by atoms with van der Waals surface area (Å²) in [5.74, 6) is 0.163. The molecule has 0 aliphatic carbocycles. The molecule has 0 saturated carbocycles. The number of carbonyl (C=O) groups excluding carboxylic acids is 1. The minimum atomic E-state index is 0.0448. The fourth-order valence-electron chi connectivity index (χ4n) is 3.35. The topological polar surface area (TPSA) is 63.1 Å². The van der Waals surface area contributed by atoms with E-state index in [9.17, 15) is 4.79 Å². The smallest absolute Gasteiger partial charge is 0.227 e. The van der Waals surface area contributed by atoms with Crippen molar-refractivity contribution in [3.8, 4) is 5.13 Å². The van der Waals surface area contributed by atoms with E-state index in [-0.39, 0.29) is 11.8 Å². The molecular weight excluding hydrogens is 358 g/mol. The van der Waals surface area contributed by atoms with Crippen molar-refractivity contribution in [1.82, 2.24) is 14.8 Å². The van der Waals surface area contributed by atoms with Crippen LogP contribution in [0.4, 0.5) is 10.8 Å². The number of aryl methyl sites for hydroxylation is 1. The first-order valence-corrected chi connectivity index (χ1v) is 10.2. The van der Waals surface area contributed by atoms with Crippen molar-refractivity contribution in [2.75, 3.05) is 23.3 Å². The summed E-state index contributed by atoms with van der Waals surface area (Å²) in [7, 11) is 0. The molecule has 3 heterocycles. The molecule has 2 aromatic heterocycles. The number of amides is 1. The van der Waals surface area contributed by atoms with Crippen molar-refractivity contribution in [3.05, 3.63) is 54.4 Å². The van der Waals surface area contributed by atoms with Gasteiger partial charge in [-0.1, -0.05) is 30.4 Å². The Balaban J connectivity index is 1.34. The first-order valence-electron chi connectivity index (χ1n) is 9.34. The molecule has 27 heavy (non-hydrogen) atoms. The van der Waals surface area contributed by atoms with E-state index in [0.717, 1.165) is 48.3 Å². The van der Waals surface area contributed by atoms with Crippen molar-refractivity contribution in [1.29, 1.82) is 0 Å². The summed E-state index contributed by atoms with van der Waals surface area (Å²) in [6.07, 6.45) is 6.56. The van der Waals surface area contributed by atoms with Gasteiger partial charge in [-0.2, -0.15) is 0 Å². The Morgan fingerprint density at radius 1 is 1.15 bits per heavy atom. The third kappa shape index (κ3) is 4.03. The Hall–Kier alpha value is -2.67. The standard InChI is InChI=1S/C20H23N5OS/c1-2-15-6-5-7-17(14-15)21-18(26)16-8-12-25(13-9-16)20-23-22-19(27-20)24-10-3-4-11-24/h3-7,10-11,14,16H,2,8-9,12-13H2,1H3,(H,21,26). The molecular formula is C20H23N5OS. The molecule has 7 heteroatoms. The molecule has 1 fully saturated rings.